The molecule has 1 aliphatic rings. The molecule has 4 rings (SSSR count). The largest absolute Gasteiger partial charge is 0.379 e. The number of rotatable bonds is 6. The number of hydrogen-bond acceptors (Lipinski definition) is 4. The number of nitrogens with zero attached hydrogens (tertiary/aromatic N) is 3. The lowest BCUT2D eigenvalue weighted by atomic mass is 10.2. The second-order valence-electron chi connectivity index (χ2n) is 7.23. The van der Waals surface area contributed by atoms with Gasteiger partial charge >= 0.3 is 0 Å². The monoisotopic (exact) mass is 396 g/mol. The molecule has 0 unspecified atom stereocenters. The van der Waals surface area contributed by atoms with Crippen LogP contribution >= 0.6 is 0 Å². The van der Waals surface area contributed by atoms with Crippen molar-refractivity contribution in [2.24, 2.45) is 0 Å². The van der Waals surface area contributed by atoms with E-state index in [-0.39, 0.29) is 11.7 Å². The number of nitrogens with one attached hydrogen (secondary N) is 1. The first-order valence-corrected chi connectivity index (χ1v) is 10.00. The molecule has 1 N–H and O–H groups in total. The molecule has 2 heterocycles. The van der Waals surface area contributed by atoms with E-state index in [1.807, 2.05) is 18.2 Å². The van der Waals surface area contributed by atoms with Crippen LogP contribution < -0.4 is 5.32 Å². The van der Waals surface area contributed by atoms with Crippen molar-refractivity contribution >= 4 is 22.6 Å². The molecule has 0 aliphatic carbocycles. The molecule has 3 aromatic rings. The molecule has 29 heavy (non-hydrogen) atoms. The average molecular weight is 396 g/mol. The van der Waals surface area contributed by atoms with Gasteiger partial charge in [-0.25, -0.2) is 9.37 Å². The predicted octanol–water partition coefficient (Wildman–Crippen LogP) is 3.67. The third kappa shape index (κ3) is 4.46. The summed E-state index contributed by atoms with van der Waals surface area (Å²) < 4.78 is 20.8. The smallest absolute Gasteiger partial charge is 0.255 e. The number of carbonyl (C=O) groups excluding carboxylic acids is 1. The van der Waals surface area contributed by atoms with Crippen molar-refractivity contribution < 1.29 is 13.9 Å². The highest BCUT2D eigenvalue weighted by molar-refractivity contribution is 6.04. The summed E-state index contributed by atoms with van der Waals surface area (Å²) >= 11 is 0. The van der Waals surface area contributed by atoms with E-state index in [1.54, 1.807) is 0 Å². The van der Waals surface area contributed by atoms with Crippen molar-refractivity contribution in [2.45, 2.75) is 26.4 Å². The molecule has 6 nitrogen and oxygen atoms in total. The van der Waals surface area contributed by atoms with Gasteiger partial charge in [-0.3, -0.25) is 9.69 Å². The maximum Gasteiger partial charge on any atom is 0.255 e. The minimum Gasteiger partial charge on any atom is -0.379 e. The Balaban J connectivity index is 1.57. The van der Waals surface area contributed by atoms with Crippen molar-refractivity contribution in [1.29, 1.82) is 0 Å². The third-order valence-corrected chi connectivity index (χ3v) is 5.11. The van der Waals surface area contributed by atoms with Crippen molar-refractivity contribution in [1.82, 2.24) is 14.5 Å². The zero-order valence-electron chi connectivity index (χ0n) is 16.5. The van der Waals surface area contributed by atoms with Crippen LogP contribution in [0.25, 0.3) is 11.0 Å². The first-order valence-electron chi connectivity index (χ1n) is 10.00. The van der Waals surface area contributed by atoms with Gasteiger partial charge in [0.25, 0.3) is 5.91 Å². The summed E-state index contributed by atoms with van der Waals surface area (Å²) in [5, 5.41) is 2.87. The fourth-order valence-electron chi connectivity index (χ4n) is 3.62. The Hall–Kier alpha value is -2.77. The van der Waals surface area contributed by atoms with Crippen LogP contribution in [0.4, 0.5) is 10.1 Å². The molecule has 1 amide bonds. The van der Waals surface area contributed by atoms with Gasteiger partial charge in [-0.05, 0) is 48.9 Å². The summed E-state index contributed by atoms with van der Waals surface area (Å²) in [4.78, 5) is 19.6. The van der Waals surface area contributed by atoms with Crippen LogP contribution in [0.3, 0.4) is 0 Å². The highest BCUT2D eigenvalue weighted by Crippen LogP contribution is 2.23. The number of anilines is 1. The zero-order chi connectivity index (χ0) is 20.2. The molecule has 1 aromatic heterocycles. The van der Waals surface area contributed by atoms with Crippen LogP contribution in [-0.2, 0) is 17.8 Å². The molecular weight excluding hydrogens is 371 g/mol. The van der Waals surface area contributed by atoms with E-state index < -0.39 is 0 Å². The Morgan fingerprint density at radius 3 is 2.66 bits per heavy atom. The van der Waals surface area contributed by atoms with Crippen LogP contribution in [-0.4, -0.2) is 46.7 Å². The Kier molecular flexibility index (Phi) is 5.87. The fourth-order valence-corrected chi connectivity index (χ4v) is 3.62. The van der Waals surface area contributed by atoms with Gasteiger partial charge in [0.15, 0.2) is 0 Å². The van der Waals surface area contributed by atoms with Gasteiger partial charge < -0.3 is 14.6 Å². The summed E-state index contributed by atoms with van der Waals surface area (Å²) in [6.07, 6.45) is 1.02. The van der Waals surface area contributed by atoms with Crippen molar-refractivity contribution in [3.63, 3.8) is 0 Å². The van der Waals surface area contributed by atoms with Gasteiger partial charge in [-0.15, -0.1) is 0 Å². The predicted molar refractivity (Wildman–Crippen MR) is 110 cm³/mol. The van der Waals surface area contributed by atoms with Gasteiger partial charge in [0, 0.05) is 30.9 Å². The molecule has 1 fully saturated rings. The summed E-state index contributed by atoms with van der Waals surface area (Å²) in [7, 11) is 0. The maximum atomic E-state index is 13.1. The summed E-state index contributed by atoms with van der Waals surface area (Å²) in [5.41, 5.74) is 3.01. The first-order chi connectivity index (χ1) is 14.1. The van der Waals surface area contributed by atoms with E-state index in [0.717, 1.165) is 62.7 Å². The number of ether oxygens (including phenoxy) is 1. The number of imidazole rings is 1. The number of amides is 1. The second kappa shape index (κ2) is 8.71. The number of carbonyl (C=O) groups is 1. The van der Waals surface area contributed by atoms with Gasteiger partial charge in [0.1, 0.15) is 11.6 Å². The van der Waals surface area contributed by atoms with E-state index in [1.165, 1.54) is 24.3 Å². The summed E-state index contributed by atoms with van der Waals surface area (Å²) in [5.74, 6) is 0.397. The van der Waals surface area contributed by atoms with Crippen LogP contribution in [0.1, 0.15) is 29.5 Å². The molecule has 0 radical (unpaired) electrons. The second-order valence-corrected chi connectivity index (χ2v) is 7.23. The average Bonchev–Trinajstić information content (AvgIpc) is 3.06. The fraction of sp³-hybridized carbons (Fsp3) is 0.364. The van der Waals surface area contributed by atoms with Crippen molar-refractivity contribution in [2.75, 3.05) is 31.6 Å². The number of benzene rings is 2. The van der Waals surface area contributed by atoms with Gasteiger partial charge in [-0.1, -0.05) is 6.92 Å². The van der Waals surface area contributed by atoms with E-state index >= 15 is 0 Å². The molecule has 2 aromatic carbocycles. The van der Waals surface area contributed by atoms with E-state index in [4.69, 9.17) is 9.72 Å². The molecule has 0 bridgehead atoms. The van der Waals surface area contributed by atoms with E-state index in [2.05, 4.69) is 21.7 Å². The number of aryl methyl sites for hydroxylation is 1. The Bertz CT molecular complexity index is 994. The van der Waals surface area contributed by atoms with Gasteiger partial charge in [0.2, 0.25) is 0 Å². The highest BCUT2D eigenvalue weighted by Gasteiger charge is 2.17. The Morgan fingerprint density at radius 1 is 1.17 bits per heavy atom. The molecule has 7 heteroatoms. The lowest BCUT2D eigenvalue weighted by Crippen LogP contribution is -2.36. The van der Waals surface area contributed by atoms with Crippen LogP contribution in [0.5, 0.6) is 0 Å². The van der Waals surface area contributed by atoms with E-state index in [0.29, 0.717) is 11.3 Å². The Morgan fingerprint density at radius 2 is 1.93 bits per heavy atom. The third-order valence-electron chi connectivity index (χ3n) is 5.11. The highest BCUT2D eigenvalue weighted by atomic mass is 19.1. The molecule has 0 atom stereocenters. The lowest BCUT2D eigenvalue weighted by Gasteiger charge is -2.26. The minimum absolute atomic E-state index is 0.272. The molecule has 152 valence electrons. The van der Waals surface area contributed by atoms with Crippen molar-refractivity contribution in [3.05, 3.63) is 59.7 Å². The number of aromatic nitrogens is 2. The van der Waals surface area contributed by atoms with Crippen LogP contribution in [0.2, 0.25) is 0 Å². The van der Waals surface area contributed by atoms with Gasteiger partial charge in [0.05, 0.1) is 30.8 Å². The van der Waals surface area contributed by atoms with Gasteiger partial charge in [-0.2, -0.15) is 0 Å². The summed E-state index contributed by atoms with van der Waals surface area (Å²) in [6, 6.07) is 11.3. The van der Waals surface area contributed by atoms with E-state index in [9.17, 15) is 9.18 Å². The number of hydrogen-bond donors (Lipinski definition) is 1. The quantitative estimate of drug-likeness (QED) is 0.691. The first kappa shape index (κ1) is 19.5. The standard InChI is InChI=1S/C22H25FN4O2/c1-2-9-27-20-8-7-18(24-22(28)16-3-5-17(23)6-4-16)14-19(20)25-21(27)15-26-10-12-29-13-11-26/h3-8,14H,2,9-13,15H2,1H3,(H,24,28). The number of fused-ring (bicyclic) bond motifs is 1. The number of morpholine rings is 1. The SMILES string of the molecule is CCCn1c(CN2CCOCC2)nc2cc(NC(=O)c3ccc(F)cc3)ccc21. The minimum atomic E-state index is -0.364. The molecule has 1 aliphatic heterocycles. The zero-order valence-corrected chi connectivity index (χ0v) is 16.5. The molecule has 1 saturated heterocycles. The number of halogens is 1. The normalized spacial score (nSPS) is 15.0. The maximum absolute atomic E-state index is 13.1. The lowest BCUT2D eigenvalue weighted by molar-refractivity contribution is 0.0326. The molecule has 0 spiro atoms. The Labute approximate surface area is 169 Å². The molecule has 0 saturated carbocycles. The molecular formula is C22H25FN4O2. The van der Waals surface area contributed by atoms with Crippen LogP contribution in [0.15, 0.2) is 42.5 Å². The van der Waals surface area contributed by atoms with Crippen LogP contribution in [0, 0.1) is 5.82 Å². The van der Waals surface area contributed by atoms with Crippen molar-refractivity contribution in [3.8, 4) is 0 Å². The summed E-state index contributed by atoms with van der Waals surface area (Å²) in [6.45, 7) is 7.18. The topological polar surface area (TPSA) is 59.4 Å².